The van der Waals surface area contributed by atoms with Crippen molar-refractivity contribution in [2.75, 3.05) is 0 Å². The molecule has 0 bridgehead atoms. The standard InChI is InChI=1S/C38H5B19O/c39-18-8(5-9-11-19(40)26(47)34(55)36(57)38(11)58-37(9)35(18)56)6-1-3-7(4-2-6)10-13-15(22(43)29(50)27(48)20(13)41)12(16-14(10)21(42)28(49)30(51)23(16)44)17-24(45)31(52)33(54)32(53)25(17)46/h1-5H. The summed E-state index contributed by atoms with van der Waals surface area (Å²) in [6, 6.07) is 8.93. The molecule has 20 heteroatoms. The van der Waals surface area contributed by atoms with Gasteiger partial charge in [0.05, 0.1) is 0 Å². The lowest BCUT2D eigenvalue weighted by Crippen LogP contribution is -2.55. The maximum atomic E-state index is 6.87. The fourth-order valence-electron chi connectivity index (χ4n) is 7.93. The third-order valence-corrected chi connectivity index (χ3v) is 11.2. The first-order valence-corrected chi connectivity index (χ1v) is 17.3. The fourth-order valence-corrected chi connectivity index (χ4v) is 7.93. The van der Waals surface area contributed by atoms with Gasteiger partial charge in [-0.25, -0.2) is 0 Å². The predicted octanol–water partition coefficient (Wildman–Crippen LogP) is -12.0. The highest BCUT2D eigenvalue weighted by molar-refractivity contribution is 6.74. The molecule has 0 saturated heterocycles. The zero-order valence-electron chi connectivity index (χ0n) is 30.8. The minimum absolute atomic E-state index is 0.00352. The predicted molar refractivity (Wildman–Crippen MR) is 267 cm³/mol. The van der Waals surface area contributed by atoms with Gasteiger partial charge in [-0.15, -0.1) is 49.2 Å². The molecule has 58 heavy (non-hydrogen) atoms. The third kappa shape index (κ3) is 5.44. The molecule has 0 spiro atoms. The van der Waals surface area contributed by atoms with E-state index >= 15 is 0 Å². The zero-order valence-corrected chi connectivity index (χ0v) is 30.8. The molecule has 8 rings (SSSR count). The molecular formula is C38H5B19O. The Labute approximate surface area is 362 Å². The molecule has 0 atom stereocenters. The second-order valence-electron chi connectivity index (χ2n) is 14.2. The number of benzene rings is 7. The lowest BCUT2D eigenvalue weighted by molar-refractivity contribution is 0.675. The Morgan fingerprint density at radius 3 is 1.03 bits per heavy atom. The van der Waals surface area contributed by atoms with Gasteiger partial charge in [-0.05, 0) is 61.0 Å². The topological polar surface area (TPSA) is 13.1 Å². The number of hydrogen-bond acceptors (Lipinski definition) is 1. The highest BCUT2D eigenvalue weighted by Gasteiger charge is 2.27. The van der Waals surface area contributed by atoms with E-state index in [1.54, 1.807) is 30.3 Å². The Hall–Kier alpha value is -3.91. The van der Waals surface area contributed by atoms with Gasteiger partial charge in [0.1, 0.15) is 160 Å². The fraction of sp³-hybridized carbons (Fsp3) is 0. The van der Waals surface area contributed by atoms with Crippen LogP contribution in [-0.2, 0) is 0 Å². The van der Waals surface area contributed by atoms with Crippen molar-refractivity contribution in [3.05, 3.63) is 30.3 Å². The molecule has 0 N–H and O–H groups in total. The minimum Gasteiger partial charge on any atom is -0.457 e. The van der Waals surface area contributed by atoms with Gasteiger partial charge < -0.3 is 4.42 Å². The smallest absolute Gasteiger partial charge is 0.127 e. The van der Waals surface area contributed by atoms with Crippen molar-refractivity contribution in [2.45, 2.75) is 0 Å². The Balaban J connectivity index is 1.50. The van der Waals surface area contributed by atoms with Gasteiger partial charge in [0.25, 0.3) is 0 Å². The molecule has 0 aliphatic heterocycles. The molecule has 8 aromatic rings. The van der Waals surface area contributed by atoms with Crippen LogP contribution in [0.3, 0.4) is 0 Å². The van der Waals surface area contributed by atoms with Crippen molar-refractivity contribution in [3.63, 3.8) is 0 Å². The van der Waals surface area contributed by atoms with Crippen LogP contribution in [0, 0.1) is 0 Å². The van der Waals surface area contributed by atoms with Gasteiger partial charge in [0.2, 0.25) is 0 Å². The molecule has 1 heterocycles. The maximum Gasteiger partial charge on any atom is 0.127 e. The van der Waals surface area contributed by atoms with Crippen LogP contribution in [0.25, 0.3) is 76.9 Å². The summed E-state index contributed by atoms with van der Waals surface area (Å²) in [6.45, 7) is 0. The zero-order chi connectivity index (χ0) is 42.3. The van der Waals surface area contributed by atoms with E-state index < -0.39 is 0 Å². The first-order chi connectivity index (χ1) is 27.2. The van der Waals surface area contributed by atoms with Crippen LogP contribution < -0.4 is 104 Å². The molecule has 0 fully saturated rings. The van der Waals surface area contributed by atoms with E-state index in [0.29, 0.717) is 43.8 Å². The Bertz CT molecular complexity index is 3100. The molecule has 1 nitrogen and oxygen atoms in total. The van der Waals surface area contributed by atoms with Crippen molar-refractivity contribution >= 4 is 296 Å². The molecule has 0 aliphatic rings. The van der Waals surface area contributed by atoms with E-state index in [2.05, 4.69) is 0 Å². The quantitative estimate of drug-likeness (QED) is 0.134. The summed E-state index contributed by atoms with van der Waals surface area (Å²) in [7, 11) is 124. The van der Waals surface area contributed by atoms with Crippen LogP contribution in [0.5, 0.6) is 0 Å². The molecule has 0 unspecified atom stereocenters. The number of fused-ring (bicyclic) bond motifs is 5. The average Bonchev–Trinajstić information content (AvgIpc) is 3.61. The molecule has 0 aliphatic carbocycles. The summed E-state index contributed by atoms with van der Waals surface area (Å²) >= 11 is 0. The van der Waals surface area contributed by atoms with Gasteiger partial charge >= 0.3 is 0 Å². The maximum absolute atomic E-state index is 6.87. The number of furan rings is 1. The molecule has 220 valence electrons. The molecular weight excluding hydrogens is 678 g/mol. The van der Waals surface area contributed by atoms with Crippen LogP contribution in [0.4, 0.5) is 0 Å². The number of hydrogen-bond donors (Lipinski definition) is 0. The lowest BCUT2D eigenvalue weighted by atomic mass is 9.56. The van der Waals surface area contributed by atoms with Crippen LogP contribution in [0.1, 0.15) is 0 Å². The summed E-state index contributed by atoms with van der Waals surface area (Å²) < 4.78 is 6.05. The highest BCUT2D eigenvalue weighted by atomic mass is 16.3. The molecule has 0 amide bonds. The Morgan fingerprint density at radius 1 is 0.259 bits per heavy atom. The second kappa shape index (κ2) is 14.1. The molecule has 7 aromatic carbocycles. The summed E-state index contributed by atoms with van der Waals surface area (Å²) in [6.07, 6.45) is 0. The number of rotatable bonds is 3. The Kier molecular flexibility index (Phi) is 9.93. The first kappa shape index (κ1) is 40.9. The van der Waals surface area contributed by atoms with E-state index in [4.69, 9.17) is 153 Å². The first-order valence-electron chi connectivity index (χ1n) is 17.3. The Morgan fingerprint density at radius 2 is 0.586 bits per heavy atom. The molecule has 0 saturated carbocycles. The van der Waals surface area contributed by atoms with E-state index in [-0.39, 0.29) is 137 Å². The van der Waals surface area contributed by atoms with E-state index in [9.17, 15) is 0 Å². The largest absolute Gasteiger partial charge is 0.457 e. The minimum atomic E-state index is -0.0483. The van der Waals surface area contributed by atoms with Crippen molar-refractivity contribution in [2.24, 2.45) is 0 Å². The van der Waals surface area contributed by atoms with Gasteiger partial charge in [0, 0.05) is 10.8 Å². The van der Waals surface area contributed by atoms with Crippen molar-refractivity contribution in [3.8, 4) is 33.4 Å². The van der Waals surface area contributed by atoms with Crippen molar-refractivity contribution < 1.29 is 4.42 Å². The van der Waals surface area contributed by atoms with Gasteiger partial charge in [0.15, 0.2) is 0 Å². The highest BCUT2D eigenvalue weighted by Crippen LogP contribution is 2.40. The van der Waals surface area contributed by atoms with Crippen LogP contribution >= 0.6 is 0 Å². The summed E-state index contributed by atoms with van der Waals surface area (Å²) in [4.78, 5) is 0. The van der Waals surface area contributed by atoms with E-state index in [1.807, 2.05) is 0 Å². The monoisotopic (exact) mass is 686 g/mol. The van der Waals surface area contributed by atoms with E-state index in [1.165, 1.54) is 0 Å². The summed E-state index contributed by atoms with van der Waals surface area (Å²) in [5.74, 6) is 0. The van der Waals surface area contributed by atoms with Gasteiger partial charge in [-0.3, -0.25) is 0 Å². The molecule has 38 radical (unpaired) electrons. The summed E-state index contributed by atoms with van der Waals surface area (Å²) in [5, 5.41) is 2.00. The van der Waals surface area contributed by atoms with Crippen LogP contribution in [0.2, 0.25) is 0 Å². The summed E-state index contributed by atoms with van der Waals surface area (Å²) in [5.41, 5.74) is 3.56. The lowest BCUT2D eigenvalue weighted by Gasteiger charge is -2.31. The van der Waals surface area contributed by atoms with Crippen molar-refractivity contribution in [1.82, 2.24) is 0 Å². The van der Waals surface area contributed by atoms with Gasteiger partial charge in [-0.1, -0.05) is 78.9 Å². The van der Waals surface area contributed by atoms with E-state index in [0.717, 1.165) is 0 Å². The third-order valence-electron chi connectivity index (χ3n) is 11.2. The second-order valence-corrected chi connectivity index (χ2v) is 14.2. The SMILES string of the molecule is [B]c1c([B])c([B])c(-c2c3c([B])c([B])c([B])c([B])c3c(-c3ccc(-c4cc5c(oc6c([B])c([B])c([B])c([B])c65)c([B])c4[B])cc3)c3c([B])c([B])c([B])c([B])c23)c([B])c1[B]. The normalized spacial score (nSPS) is 11.7. The van der Waals surface area contributed by atoms with Crippen molar-refractivity contribution in [1.29, 1.82) is 0 Å². The van der Waals surface area contributed by atoms with Gasteiger partial charge in [-0.2, -0.15) is 0 Å². The average molecular weight is 683 g/mol. The van der Waals surface area contributed by atoms with Crippen LogP contribution in [-0.4, -0.2) is 149 Å². The van der Waals surface area contributed by atoms with Crippen LogP contribution in [0.15, 0.2) is 34.7 Å². The molecule has 1 aromatic heterocycles.